The summed E-state index contributed by atoms with van der Waals surface area (Å²) in [6.07, 6.45) is 4.46. The van der Waals surface area contributed by atoms with Gasteiger partial charge in [0.25, 0.3) is 0 Å². The lowest BCUT2D eigenvalue weighted by Crippen LogP contribution is -2.00. The largest absolute Gasteiger partial charge is 0.366 e. The lowest BCUT2D eigenvalue weighted by Gasteiger charge is -2.01. The highest BCUT2D eigenvalue weighted by molar-refractivity contribution is 7.18. The van der Waals surface area contributed by atoms with E-state index in [0.29, 0.717) is 0 Å². The number of aryl methyl sites for hydroxylation is 1. The van der Waals surface area contributed by atoms with Crippen LogP contribution in [0.1, 0.15) is 11.8 Å². The first-order valence-corrected chi connectivity index (χ1v) is 5.75. The molecule has 2 aromatic heterocycles. The third kappa shape index (κ3) is 1.99. The van der Waals surface area contributed by atoms with Crippen molar-refractivity contribution in [3.8, 4) is 0 Å². The number of fused-ring (bicyclic) bond motifs is 1. The van der Waals surface area contributed by atoms with Crippen molar-refractivity contribution in [1.82, 2.24) is 9.97 Å². The fraction of sp³-hybridized carbons (Fsp3) is 0.273. The number of rotatable bonds is 4. The normalized spacial score (nSPS) is 10.5. The molecule has 0 aliphatic rings. The molecule has 0 unspecified atom stereocenters. The second-order valence-corrected chi connectivity index (χ2v) is 4.29. The second kappa shape index (κ2) is 4.40. The highest BCUT2D eigenvalue weighted by Crippen LogP contribution is 2.28. The molecule has 4 heteroatoms. The fourth-order valence-corrected chi connectivity index (χ4v) is 2.32. The van der Waals surface area contributed by atoms with Gasteiger partial charge in [-0.3, -0.25) is 0 Å². The Morgan fingerprint density at radius 3 is 3.13 bits per heavy atom. The van der Waals surface area contributed by atoms with Gasteiger partial charge in [-0.1, -0.05) is 13.0 Å². The van der Waals surface area contributed by atoms with E-state index < -0.39 is 0 Å². The maximum absolute atomic E-state index is 4.26. The third-order valence-electron chi connectivity index (χ3n) is 2.14. The van der Waals surface area contributed by atoms with E-state index >= 15 is 0 Å². The fourth-order valence-electron chi connectivity index (χ4n) is 1.39. The molecule has 0 aliphatic carbocycles. The average molecular weight is 219 g/mol. The van der Waals surface area contributed by atoms with E-state index in [0.717, 1.165) is 29.0 Å². The number of anilines is 1. The molecular weight excluding hydrogens is 206 g/mol. The van der Waals surface area contributed by atoms with Crippen LogP contribution in [0.25, 0.3) is 10.2 Å². The minimum atomic E-state index is 0.726. The second-order valence-electron chi connectivity index (χ2n) is 3.18. The molecule has 0 atom stereocenters. The molecule has 2 heterocycles. The quantitative estimate of drug-likeness (QED) is 0.803. The molecule has 0 aliphatic heterocycles. The van der Waals surface area contributed by atoms with Gasteiger partial charge in [-0.15, -0.1) is 17.9 Å². The Bertz CT molecular complexity index is 476. The van der Waals surface area contributed by atoms with Gasteiger partial charge in [-0.25, -0.2) is 9.97 Å². The predicted octanol–water partition coefficient (Wildman–Crippen LogP) is 2.85. The van der Waals surface area contributed by atoms with Crippen LogP contribution in [0.3, 0.4) is 0 Å². The predicted molar refractivity (Wildman–Crippen MR) is 65.5 cm³/mol. The third-order valence-corrected chi connectivity index (χ3v) is 3.33. The minimum absolute atomic E-state index is 0.726. The summed E-state index contributed by atoms with van der Waals surface area (Å²) in [5.41, 5.74) is 0. The smallest absolute Gasteiger partial charge is 0.138 e. The zero-order chi connectivity index (χ0) is 10.7. The van der Waals surface area contributed by atoms with Crippen molar-refractivity contribution >= 4 is 27.4 Å². The molecule has 0 radical (unpaired) electrons. The summed E-state index contributed by atoms with van der Waals surface area (Å²) in [6, 6.07) is 2.16. The van der Waals surface area contributed by atoms with Crippen LogP contribution in [0.2, 0.25) is 0 Å². The number of aromatic nitrogens is 2. The van der Waals surface area contributed by atoms with Gasteiger partial charge < -0.3 is 5.32 Å². The molecule has 78 valence electrons. The Hall–Kier alpha value is -1.42. The van der Waals surface area contributed by atoms with Gasteiger partial charge >= 0.3 is 0 Å². The van der Waals surface area contributed by atoms with Gasteiger partial charge in [0.15, 0.2) is 0 Å². The Labute approximate surface area is 92.9 Å². The van der Waals surface area contributed by atoms with E-state index in [9.17, 15) is 0 Å². The lowest BCUT2D eigenvalue weighted by molar-refractivity contribution is 1.18. The SMILES string of the molecule is C=CCNc1ncnc2sc(CC)cc12. The number of nitrogens with zero attached hydrogens (tertiary/aromatic N) is 2. The standard InChI is InChI=1S/C11H13N3S/c1-3-5-12-10-9-6-8(4-2)15-11(9)14-7-13-10/h3,6-7H,1,4-5H2,2H3,(H,12,13,14). The van der Waals surface area contributed by atoms with Gasteiger partial charge in [0.1, 0.15) is 17.0 Å². The number of nitrogens with one attached hydrogen (secondary N) is 1. The van der Waals surface area contributed by atoms with Gasteiger partial charge in [0.05, 0.1) is 5.39 Å². The zero-order valence-corrected chi connectivity index (χ0v) is 9.47. The summed E-state index contributed by atoms with van der Waals surface area (Å²) in [5.74, 6) is 0.899. The van der Waals surface area contributed by atoms with Crippen LogP contribution in [0.4, 0.5) is 5.82 Å². The Kier molecular flexibility index (Phi) is 2.97. The molecule has 2 aromatic rings. The van der Waals surface area contributed by atoms with Crippen molar-refractivity contribution in [2.75, 3.05) is 11.9 Å². The number of thiophene rings is 1. The Morgan fingerprint density at radius 1 is 1.53 bits per heavy atom. The summed E-state index contributed by atoms with van der Waals surface area (Å²) in [5, 5.41) is 4.32. The molecule has 1 N–H and O–H groups in total. The van der Waals surface area contributed by atoms with E-state index in [2.05, 4.69) is 34.9 Å². The molecule has 0 fully saturated rings. The van der Waals surface area contributed by atoms with Crippen molar-refractivity contribution in [2.24, 2.45) is 0 Å². The van der Waals surface area contributed by atoms with Gasteiger partial charge in [0.2, 0.25) is 0 Å². The van der Waals surface area contributed by atoms with Crippen molar-refractivity contribution < 1.29 is 0 Å². The zero-order valence-electron chi connectivity index (χ0n) is 8.66. The highest BCUT2D eigenvalue weighted by Gasteiger charge is 2.06. The minimum Gasteiger partial charge on any atom is -0.366 e. The van der Waals surface area contributed by atoms with Crippen molar-refractivity contribution in [3.63, 3.8) is 0 Å². The van der Waals surface area contributed by atoms with Crippen LogP contribution >= 0.6 is 11.3 Å². The molecule has 0 amide bonds. The Morgan fingerprint density at radius 2 is 2.40 bits per heavy atom. The summed E-state index contributed by atoms with van der Waals surface area (Å²) in [6.45, 7) is 6.55. The van der Waals surface area contributed by atoms with Gasteiger partial charge in [0, 0.05) is 11.4 Å². The average Bonchev–Trinajstić information content (AvgIpc) is 2.69. The first-order chi connectivity index (χ1) is 7.35. The molecule has 15 heavy (non-hydrogen) atoms. The van der Waals surface area contributed by atoms with Crippen LogP contribution in [-0.4, -0.2) is 16.5 Å². The Balaban J connectivity index is 2.44. The summed E-state index contributed by atoms with van der Waals surface area (Å²) < 4.78 is 0. The van der Waals surface area contributed by atoms with Crippen LogP contribution in [0, 0.1) is 0 Å². The van der Waals surface area contributed by atoms with Crippen LogP contribution in [-0.2, 0) is 6.42 Å². The molecule has 0 spiro atoms. The molecule has 3 nitrogen and oxygen atoms in total. The van der Waals surface area contributed by atoms with E-state index in [1.54, 1.807) is 17.7 Å². The summed E-state index contributed by atoms with van der Waals surface area (Å²) in [7, 11) is 0. The topological polar surface area (TPSA) is 37.8 Å². The summed E-state index contributed by atoms with van der Waals surface area (Å²) in [4.78, 5) is 10.9. The van der Waals surface area contributed by atoms with E-state index in [1.165, 1.54) is 4.88 Å². The van der Waals surface area contributed by atoms with Crippen molar-refractivity contribution in [3.05, 3.63) is 29.9 Å². The van der Waals surface area contributed by atoms with E-state index in [-0.39, 0.29) is 0 Å². The first kappa shape index (κ1) is 10.1. The van der Waals surface area contributed by atoms with Crippen LogP contribution < -0.4 is 5.32 Å². The molecular formula is C11H13N3S. The lowest BCUT2D eigenvalue weighted by atomic mass is 10.3. The molecule has 0 bridgehead atoms. The summed E-state index contributed by atoms with van der Waals surface area (Å²) >= 11 is 1.73. The maximum Gasteiger partial charge on any atom is 0.138 e. The molecule has 0 saturated heterocycles. The van der Waals surface area contributed by atoms with Crippen LogP contribution in [0.5, 0.6) is 0 Å². The highest BCUT2D eigenvalue weighted by atomic mass is 32.1. The van der Waals surface area contributed by atoms with Crippen LogP contribution in [0.15, 0.2) is 25.0 Å². The van der Waals surface area contributed by atoms with Crippen molar-refractivity contribution in [1.29, 1.82) is 0 Å². The van der Waals surface area contributed by atoms with E-state index in [1.807, 2.05) is 6.08 Å². The van der Waals surface area contributed by atoms with Gasteiger partial charge in [-0.05, 0) is 12.5 Å². The molecule has 0 aromatic carbocycles. The first-order valence-electron chi connectivity index (χ1n) is 4.93. The molecule has 2 rings (SSSR count). The number of hydrogen-bond acceptors (Lipinski definition) is 4. The van der Waals surface area contributed by atoms with Gasteiger partial charge in [-0.2, -0.15) is 0 Å². The monoisotopic (exact) mass is 219 g/mol. The maximum atomic E-state index is 4.26. The van der Waals surface area contributed by atoms with Crippen molar-refractivity contribution in [2.45, 2.75) is 13.3 Å². The van der Waals surface area contributed by atoms with E-state index in [4.69, 9.17) is 0 Å². The number of hydrogen-bond donors (Lipinski definition) is 1. The molecule has 0 saturated carbocycles.